The fraction of sp³-hybridized carbons (Fsp3) is 0.667. The zero-order valence-electron chi connectivity index (χ0n) is 6.58. The summed E-state index contributed by atoms with van der Waals surface area (Å²) in [6.45, 7) is 2.27. The van der Waals surface area contributed by atoms with Crippen LogP contribution < -0.4 is 11.2 Å². The number of hydrogen-bond acceptors (Lipinski definition) is 4. The number of nitrogens with zero attached hydrogens (tertiary/aromatic N) is 1. The third-order valence-electron chi connectivity index (χ3n) is 1.49. The molecule has 3 N–H and O–H groups in total. The molecular formula is C6H11N3O3. The van der Waals surface area contributed by atoms with E-state index in [1.807, 2.05) is 0 Å². The van der Waals surface area contributed by atoms with Crippen LogP contribution in [0.4, 0.5) is 0 Å². The lowest BCUT2D eigenvalue weighted by molar-refractivity contribution is -0.141. The van der Waals surface area contributed by atoms with Crippen LogP contribution in [0.5, 0.6) is 0 Å². The Balaban J connectivity index is 2.29. The molecule has 12 heavy (non-hydrogen) atoms. The van der Waals surface area contributed by atoms with Gasteiger partial charge in [-0.3, -0.25) is 15.0 Å². The molecule has 2 amide bonds. The van der Waals surface area contributed by atoms with E-state index in [-0.39, 0.29) is 0 Å². The number of primary amides is 1. The molecule has 0 radical (unpaired) electrons. The highest BCUT2D eigenvalue weighted by molar-refractivity contribution is 6.34. The molecule has 0 bridgehead atoms. The summed E-state index contributed by atoms with van der Waals surface area (Å²) < 4.78 is 5.03. The van der Waals surface area contributed by atoms with E-state index in [9.17, 15) is 9.59 Å². The van der Waals surface area contributed by atoms with Crippen molar-refractivity contribution in [2.75, 3.05) is 26.3 Å². The van der Waals surface area contributed by atoms with Crippen molar-refractivity contribution in [2.24, 2.45) is 5.73 Å². The summed E-state index contributed by atoms with van der Waals surface area (Å²) in [5.41, 5.74) is 7.10. The third-order valence-corrected chi connectivity index (χ3v) is 1.49. The van der Waals surface area contributed by atoms with Crippen LogP contribution >= 0.6 is 0 Å². The molecular weight excluding hydrogens is 162 g/mol. The van der Waals surface area contributed by atoms with Gasteiger partial charge >= 0.3 is 11.8 Å². The Morgan fingerprint density at radius 2 is 1.92 bits per heavy atom. The predicted molar refractivity (Wildman–Crippen MR) is 39.7 cm³/mol. The van der Waals surface area contributed by atoms with Gasteiger partial charge in [-0.05, 0) is 0 Å². The van der Waals surface area contributed by atoms with E-state index >= 15 is 0 Å². The van der Waals surface area contributed by atoms with Gasteiger partial charge in [0.25, 0.3) is 0 Å². The lowest BCUT2D eigenvalue weighted by Crippen LogP contribution is -2.51. The fourth-order valence-electron chi connectivity index (χ4n) is 0.874. The van der Waals surface area contributed by atoms with Crippen molar-refractivity contribution in [1.82, 2.24) is 10.4 Å². The average molecular weight is 173 g/mol. The first kappa shape index (κ1) is 8.95. The molecule has 0 unspecified atom stereocenters. The maximum Gasteiger partial charge on any atom is 0.323 e. The van der Waals surface area contributed by atoms with Crippen LogP contribution in [-0.2, 0) is 14.3 Å². The van der Waals surface area contributed by atoms with Crippen LogP contribution in [0.2, 0.25) is 0 Å². The van der Waals surface area contributed by atoms with E-state index in [1.54, 1.807) is 5.01 Å². The number of rotatable bonds is 1. The molecule has 0 aliphatic carbocycles. The molecule has 0 spiro atoms. The molecule has 0 aromatic rings. The fourth-order valence-corrected chi connectivity index (χ4v) is 0.874. The minimum absolute atomic E-state index is 0.555. The summed E-state index contributed by atoms with van der Waals surface area (Å²) >= 11 is 0. The topological polar surface area (TPSA) is 84.7 Å². The average Bonchev–Trinajstić information content (AvgIpc) is 2.06. The van der Waals surface area contributed by atoms with Crippen molar-refractivity contribution in [3.05, 3.63) is 0 Å². The monoisotopic (exact) mass is 173 g/mol. The summed E-state index contributed by atoms with van der Waals surface area (Å²) in [6, 6.07) is 0. The number of nitrogens with two attached hydrogens (primary N) is 1. The highest BCUT2D eigenvalue weighted by Gasteiger charge is 2.15. The van der Waals surface area contributed by atoms with Crippen molar-refractivity contribution >= 4 is 11.8 Å². The van der Waals surface area contributed by atoms with Crippen LogP contribution in [0.15, 0.2) is 0 Å². The molecule has 0 saturated carbocycles. The quantitative estimate of drug-likeness (QED) is 0.442. The Labute approximate surface area is 69.6 Å². The highest BCUT2D eigenvalue weighted by atomic mass is 16.5. The number of ether oxygens (including phenoxy) is 1. The molecule has 1 saturated heterocycles. The predicted octanol–water partition coefficient (Wildman–Crippen LogP) is -2.16. The Bertz CT molecular complexity index is 188. The summed E-state index contributed by atoms with van der Waals surface area (Å²) in [5, 5.41) is 1.61. The van der Waals surface area contributed by atoms with E-state index in [4.69, 9.17) is 10.5 Å². The van der Waals surface area contributed by atoms with E-state index in [0.29, 0.717) is 26.3 Å². The molecule has 1 heterocycles. The van der Waals surface area contributed by atoms with Gasteiger partial charge in [-0.2, -0.15) is 0 Å². The summed E-state index contributed by atoms with van der Waals surface area (Å²) in [4.78, 5) is 21.1. The minimum atomic E-state index is -0.971. The van der Waals surface area contributed by atoms with Crippen LogP contribution in [-0.4, -0.2) is 43.1 Å². The normalized spacial score (nSPS) is 18.7. The standard InChI is InChI=1S/C6H11N3O3/c7-5(10)6(11)8-9-1-3-12-4-2-9/h1-4H2,(H2,7,10)(H,8,11). The SMILES string of the molecule is NC(=O)C(=O)NN1CCOCC1. The van der Waals surface area contributed by atoms with Gasteiger partial charge in [0.1, 0.15) is 0 Å². The molecule has 1 aliphatic rings. The van der Waals surface area contributed by atoms with Gasteiger partial charge in [0, 0.05) is 13.1 Å². The van der Waals surface area contributed by atoms with Crippen molar-refractivity contribution < 1.29 is 14.3 Å². The second-order valence-electron chi connectivity index (χ2n) is 2.40. The highest BCUT2D eigenvalue weighted by Crippen LogP contribution is 1.91. The lowest BCUT2D eigenvalue weighted by Gasteiger charge is -2.26. The first-order valence-electron chi connectivity index (χ1n) is 3.63. The zero-order chi connectivity index (χ0) is 8.97. The Hall–Kier alpha value is -1.14. The van der Waals surface area contributed by atoms with Crippen molar-refractivity contribution in [3.8, 4) is 0 Å². The summed E-state index contributed by atoms with van der Waals surface area (Å²) in [6.07, 6.45) is 0. The van der Waals surface area contributed by atoms with E-state index in [1.165, 1.54) is 0 Å². The molecule has 1 aliphatic heterocycles. The molecule has 68 valence electrons. The van der Waals surface area contributed by atoms with Crippen LogP contribution in [0.25, 0.3) is 0 Å². The number of nitrogens with one attached hydrogen (secondary N) is 1. The van der Waals surface area contributed by atoms with Gasteiger partial charge in [0.15, 0.2) is 0 Å². The van der Waals surface area contributed by atoms with Gasteiger partial charge in [-0.25, -0.2) is 5.01 Å². The van der Waals surface area contributed by atoms with Crippen molar-refractivity contribution in [2.45, 2.75) is 0 Å². The molecule has 6 heteroatoms. The van der Waals surface area contributed by atoms with Gasteiger partial charge in [-0.15, -0.1) is 0 Å². The Morgan fingerprint density at radius 1 is 1.33 bits per heavy atom. The number of morpholine rings is 1. The number of hydrogen-bond donors (Lipinski definition) is 2. The number of amides is 2. The van der Waals surface area contributed by atoms with Gasteiger partial charge in [-0.1, -0.05) is 0 Å². The second kappa shape index (κ2) is 4.03. The van der Waals surface area contributed by atoms with Gasteiger partial charge in [0.2, 0.25) is 0 Å². The second-order valence-corrected chi connectivity index (χ2v) is 2.40. The molecule has 6 nitrogen and oxygen atoms in total. The molecule has 1 fully saturated rings. The van der Waals surface area contributed by atoms with Crippen molar-refractivity contribution in [3.63, 3.8) is 0 Å². The van der Waals surface area contributed by atoms with E-state index < -0.39 is 11.8 Å². The van der Waals surface area contributed by atoms with Gasteiger partial charge in [0.05, 0.1) is 13.2 Å². The smallest absolute Gasteiger partial charge is 0.323 e. The van der Waals surface area contributed by atoms with E-state index in [0.717, 1.165) is 0 Å². The number of carbonyl (C=O) groups is 2. The molecule has 1 rings (SSSR count). The number of hydrazine groups is 1. The third kappa shape index (κ3) is 2.48. The zero-order valence-corrected chi connectivity index (χ0v) is 6.58. The number of carbonyl (C=O) groups excluding carboxylic acids is 2. The first-order valence-corrected chi connectivity index (χ1v) is 3.63. The lowest BCUT2D eigenvalue weighted by atomic mass is 10.5. The van der Waals surface area contributed by atoms with Crippen molar-refractivity contribution in [1.29, 1.82) is 0 Å². The maximum absolute atomic E-state index is 10.7. The Kier molecular flexibility index (Phi) is 3.01. The van der Waals surface area contributed by atoms with Crippen LogP contribution in [0, 0.1) is 0 Å². The van der Waals surface area contributed by atoms with E-state index in [2.05, 4.69) is 5.43 Å². The Morgan fingerprint density at radius 3 is 2.42 bits per heavy atom. The van der Waals surface area contributed by atoms with Crippen LogP contribution in [0.1, 0.15) is 0 Å². The molecule has 0 aromatic carbocycles. The van der Waals surface area contributed by atoms with Crippen LogP contribution in [0.3, 0.4) is 0 Å². The minimum Gasteiger partial charge on any atom is -0.379 e. The van der Waals surface area contributed by atoms with Gasteiger partial charge < -0.3 is 10.5 Å². The first-order chi connectivity index (χ1) is 5.70. The summed E-state index contributed by atoms with van der Waals surface area (Å²) in [5.74, 6) is -1.75. The largest absolute Gasteiger partial charge is 0.379 e. The maximum atomic E-state index is 10.7. The summed E-state index contributed by atoms with van der Waals surface area (Å²) in [7, 11) is 0. The molecule has 0 atom stereocenters. The molecule has 0 aromatic heterocycles.